The molecule has 0 aliphatic heterocycles. The molecule has 0 amide bonds. The van der Waals surface area contributed by atoms with Crippen molar-refractivity contribution in [1.82, 2.24) is 0 Å². The molecule has 0 fully saturated rings. The second-order valence-corrected chi connectivity index (χ2v) is 5.25. The molecular formula is C19H18O7. The maximum absolute atomic E-state index is 11.8. The number of hydrogen-bond donors (Lipinski definition) is 0. The first-order valence-corrected chi connectivity index (χ1v) is 7.70. The molecule has 2 aromatic carbocycles. The Bertz CT molecular complexity index is 775. The molecule has 0 aliphatic carbocycles. The summed E-state index contributed by atoms with van der Waals surface area (Å²) < 4.78 is 20.6. The summed E-state index contributed by atoms with van der Waals surface area (Å²) in [5.41, 5.74) is 0.902. The van der Waals surface area contributed by atoms with Crippen molar-refractivity contribution in [2.24, 2.45) is 0 Å². The normalized spacial score (nSPS) is 9.96. The van der Waals surface area contributed by atoms with Crippen LogP contribution in [-0.4, -0.2) is 25.0 Å². The number of rotatable bonds is 6. The summed E-state index contributed by atoms with van der Waals surface area (Å²) in [7, 11) is 1.21. The Morgan fingerprint density at radius 2 is 1.42 bits per heavy atom. The first-order chi connectivity index (χ1) is 12.4. The summed E-state index contributed by atoms with van der Waals surface area (Å²) >= 11 is 0. The van der Waals surface area contributed by atoms with E-state index >= 15 is 0 Å². The van der Waals surface area contributed by atoms with Crippen LogP contribution in [0, 0.1) is 0 Å². The van der Waals surface area contributed by atoms with E-state index in [0.717, 1.165) is 5.56 Å². The lowest BCUT2D eigenvalue weighted by molar-refractivity contribution is -0.132. The van der Waals surface area contributed by atoms with Crippen molar-refractivity contribution in [3.8, 4) is 17.2 Å². The zero-order valence-electron chi connectivity index (χ0n) is 14.6. The van der Waals surface area contributed by atoms with Crippen LogP contribution in [0.4, 0.5) is 0 Å². The lowest BCUT2D eigenvalue weighted by Crippen LogP contribution is -2.11. The maximum atomic E-state index is 11.8. The summed E-state index contributed by atoms with van der Waals surface area (Å²) in [5.74, 6) is -1.98. The predicted molar refractivity (Wildman–Crippen MR) is 91.2 cm³/mol. The van der Waals surface area contributed by atoms with Gasteiger partial charge in [0, 0.05) is 13.8 Å². The zero-order valence-corrected chi connectivity index (χ0v) is 14.6. The van der Waals surface area contributed by atoms with Gasteiger partial charge in [-0.05, 0) is 17.7 Å². The van der Waals surface area contributed by atoms with Gasteiger partial charge in [0.1, 0.15) is 6.61 Å². The zero-order chi connectivity index (χ0) is 19.1. The van der Waals surface area contributed by atoms with Gasteiger partial charge in [-0.3, -0.25) is 9.59 Å². The highest BCUT2D eigenvalue weighted by atomic mass is 16.6. The third-order valence-electron chi connectivity index (χ3n) is 3.18. The first kappa shape index (κ1) is 19.0. The molecule has 2 aromatic rings. The molecule has 0 radical (unpaired) electrons. The van der Waals surface area contributed by atoms with Crippen LogP contribution in [0.5, 0.6) is 17.2 Å². The highest BCUT2D eigenvalue weighted by molar-refractivity contribution is 5.91. The Kier molecular flexibility index (Phi) is 6.32. The number of carbonyl (C=O) groups is 3. The van der Waals surface area contributed by atoms with Gasteiger partial charge in [-0.15, -0.1) is 0 Å². The average molecular weight is 358 g/mol. The van der Waals surface area contributed by atoms with Crippen molar-refractivity contribution in [3.63, 3.8) is 0 Å². The predicted octanol–water partition coefficient (Wildman–Crippen LogP) is 2.90. The van der Waals surface area contributed by atoms with E-state index in [1.807, 2.05) is 30.3 Å². The highest BCUT2D eigenvalue weighted by Gasteiger charge is 2.21. The standard InChI is InChI=1S/C19H18O7/c1-12(20)25-16-9-15(19(22)23-3)10-17(26-13(2)21)18(16)24-11-14-7-5-4-6-8-14/h4-10H,11H2,1-3H3. The van der Waals surface area contributed by atoms with Crippen LogP contribution in [0.1, 0.15) is 29.8 Å². The van der Waals surface area contributed by atoms with Gasteiger partial charge in [-0.1, -0.05) is 30.3 Å². The molecule has 26 heavy (non-hydrogen) atoms. The lowest BCUT2D eigenvalue weighted by atomic mass is 10.1. The fraction of sp³-hybridized carbons (Fsp3) is 0.211. The molecule has 0 unspecified atom stereocenters. The van der Waals surface area contributed by atoms with Gasteiger partial charge in [0.15, 0.2) is 11.5 Å². The Morgan fingerprint density at radius 1 is 0.885 bits per heavy atom. The Morgan fingerprint density at radius 3 is 1.88 bits per heavy atom. The quantitative estimate of drug-likeness (QED) is 0.579. The molecule has 2 rings (SSSR count). The summed E-state index contributed by atoms with van der Waals surface area (Å²) in [6.07, 6.45) is 0. The summed E-state index contributed by atoms with van der Waals surface area (Å²) in [6, 6.07) is 11.8. The van der Waals surface area contributed by atoms with Crippen molar-refractivity contribution in [2.75, 3.05) is 7.11 Å². The molecule has 7 heteroatoms. The molecule has 0 bridgehead atoms. The van der Waals surface area contributed by atoms with E-state index in [1.165, 1.54) is 33.1 Å². The van der Waals surface area contributed by atoms with E-state index in [1.54, 1.807) is 0 Å². The molecule has 0 N–H and O–H groups in total. The fourth-order valence-corrected chi connectivity index (χ4v) is 2.15. The molecule has 136 valence electrons. The second-order valence-electron chi connectivity index (χ2n) is 5.25. The summed E-state index contributed by atoms with van der Waals surface area (Å²) in [6.45, 7) is 2.55. The first-order valence-electron chi connectivity index (χ1n) is 7.70. The Labute approximate surface area is 150 Å². The number of esters is 3. The van der Waals surface area contributed by atoms with Crippen LogP contribution in [0.3, 0.4) is 0 Å². The third kappa shape index (κ3) is 5.07. The van der Waals surface area contributed by atoms with Gasteiger partial charge in [0.25, 0.3) is 0 Å². The molecule has 0 aliphatic rings. The molecule has 7 nitrogen and oxygen atoms in total. The number of carbonyl (C=O) groups excluding carboxylic acids is 3. The Hall–Kier alpha value is -3.35. The fourth-order valence-electron chi connectivity index (χ4n) is 2.15. The SMILES string of the molecule is COC(=O)c1cc(OC(C)=O)c(OCc2ccccc2)c(OC(C)=O)c1. The van der Waals surface area contributed by atoms with Crippen molar-refractivity contribution in [2.45, 2.75) is 20.5 Å². The van der Waals surface area contributed by atoms with Gasteiger partial charge in [-0.25, -0.2) is 4.79 Å². The topological polar surface area (TPSA) is 88.1 Å². The van der Waals surface area contributed by atoms with Gasteiger partial charge in [0.05, 0.1) is 12.7 Å². The van der Waals surface area contributed by atoms with Crippen LogP contribution in [0.15, 0.2) is 42.5 Å². The molecule has 0 spiro atoms. The van der Waals surface area contributed by atoms with Gasteiger partial charge < -0.3 is 18.9 Å². The van der Waals surface area contributed by atoms with Crippen molar-refractivity contribution >= 4 is 17.9 Å². The minimum Gasteiger partial charge on any atom is -0.482 e. The van der Waals surface area contributed by atoms with E-state index < -0.39 is 17.9 Å². The number of benzene rings is 2. The van der Waals surface area contributed by atoms with Gasteiger partial charge in [-0.2, -0.15) is 0 Å². The molecule has 0 atom stereocenters. The summed E-state index contributed by atoms with van der Waals surface area (Å²) in [5, 5.41) is 0. The van der Waals surface area contributed by atoms with E-state index in [2.05, 4.69) is 4.74 Å². The van der Waals surface area contributed by atoms with Crippen LogP contribution >= 0.6 is 0 Å². The average Bonchev–Trinajstić information content (AvgIpc) is 2.60. The van der Waals surface area contributed by atoms with Gasteiger partial charge >= 0.3 is 17.9 Å². The second kappa shape index (κ2) is 8.66. The van der Waals surface area contributed by atoms with Crippen LogP contribution in [0.25, 0.3) is 0 Å². The van der Waals surface area contributed by atoms with Crippen LogP contribution < -0.4 is 14.2 Å². The Balaban J connectivity index is 2.47. The minimum absolute atomic E-state index is 0.0342. The lowest BCUT2D eigenvalue weighted by Gasteiger charge is -2.16. The van der Waals surface area contributed by atoms with Crippen LogP contribution in [0.2, 0.25) is 0 Å². The number of methoxy groups -OCH3 is 1. The summed E-state index contributed by atoms with van der Waals surface area (Å²) in [4.78, 5) is 34.7. The van der Waals surface area contributed by atoms with E-state index in [0.29, 0.717) is 0 Å². The molecular weight excluding hydrogens is 340 g/mol. The third-order valence-corrected chi connectivity index (χ3v) is 3.18. The van der Waals surface area contributed by atoms with E-state index in [9.17, 15) is 14.4 Å². The van der Waals surface area contributed by atoms with Gasteiger partial charge in [0.2, 0.25) is 5.75 Å². The smallest absolute Gasteiger partial charge is 0.338 e. The molecule has 0 saturated carbocycles. The largest absolute Gasteiger partial charge is 0.482 e. The highest BCUT2D eigenvalue weighted by Crippen LogP contribution is 2.40. The monoisotopic (exact) mass is 358 g/mol. The van der Waals surface area contributed by atoms with E-state index in [-0.39, 0.29) is 29.4 Å². The van der Waals surface area contributed by atoms with Crippen molar-refractivity contribution in [3.05, 3.63) is 53.6 Å². The van der Waals surface area contributed by atoms with E-state index in [4.69, 9.17) is 14.2 Å². The minimum atomic E-state index is -0.679. The van der Waals surface area contributed by atoms with Crippen molar-refractivity contribution < 1.29 is 33.3 Å². The molecule has 0 aromatic heterocycles. The van der Waals surface area contributed by atoms with Crippen molar-refractivity contribution in [1.29, 1.82) is 0 Å². The maximum Gasteiger partial charge on any atom is 0.338 e. The molecule has 0 heterocycles. The molecule has 0 saturated heterocycles. The number of ether oxygens (including phenoxy) is 4. The number of hydrogen-bond acceptors (Lipinski definition) is 7. The van der Waals surface area contributed by atoms with Crippen LogP contribution in [-0.2, 0) is 20.9 Å².